The Morgan fingerprint density at radius 2 is 1.35 bits per heavy atom. The smallest absolute Gasteiger partial charge is 0.400 e. The lowest BCUT2D eigenvalue weighted by Crippen LogP contribution is -2.49. The van der Waals surface area contributed by atoms with E-state index in [4.69, 9.17) is 0 Å². The molecular formula is C27H40F6O. The number of rotatable bonds is 10. The maximum Gasteiger partial charge on any atom is 0.400 e. The highest BCUT2D eigenvalue weighted by Crippen LogP contribution is 2.54. The molecule has 0 N–H and O–H groups in total. The first-order valence-corrected chi connectivity index (χ1v) is 13.3. The Balaban J connectivity index is 1.67. The van der Waals surface area contributed by atoms with E-state index in [1.807, 2.05) is 6.92 Å². The molecule has 3 aliphatic carbocycles. The van der Waals surface area contributed by atoms with E-state index in [0.717, 1.165) is 57.4 Å². The van der Waals surface area contributed by atoms with Gasteiger partial charge in [-0.3, -0.25) is 0 Å². The second-order valence-electron chi connectivity index (χ2n) is 10.7. The Bertz CT molecular complexity index is 713. The molecule has 0 bridgehead atoms. The molecule has 0 amide bonds. The SMILES string of the molecule is CCCCCC1CCC(C2=CC=C(OC(F)(F)C3CCC(CCC)CC3)C(F)(F)C2(F)F)CC1. The third kappa shape index (κ3) is 5.98. The molecule has 0 aromatic carbocycles. The largest absolute Gasteiger partial charge is 0.430 e. The van der Waals surface area contributed by atoms with Crippen molar-refractivity contribution in [3.05, 3.63) is 23.5 Å². The Kier molecular flexibility index (Phi) is 9.11. The Morgan fingerprint density at radius 3 is 1.94 bits per heavy atom. The molecule has 0 radical (unpaired) electrons. The van der Waals surface area contributed by atoms with Gasteiger partial charge in [0.05, 0.1) is 5.92 Å². The number of hydrogen-bond donors (Lipinski definition) is 0. The van der Waals surface area contributed by atoms with Crippen LogP contribution in [0.25, 0.3) is 0 Å². The van der Waals surface area contributed by atoms with Crippen LogP contribution in [0.15, 0.2) is 23.5 Å². The lowest BCUT2D eigenvalue weighted by atomic mass is 9.73. The normalized spacial score (nSPS) is 31.5. The molecule has 3 aliphatic rings. The van der Waals surface area contributed by atoms with Gasteiger partial charge in [-0.25, -0.2) is 0 Å². The summed E-state index contributed by atoms with van der Waals surface area (Å²) in [6, 6.07) is 0. The van der Waals surface area contributed by atoms with E-state index < -0.39 is 41.1 Å². The molecule has 0 unspecified atom stereocenters. The molecule has 0 atom stereocenters. The van der Waals surface area contributed by atoms with Crippen molar-refractivity contribution in [2.75, 3.05) is 0 Å². The Hall–Kier alpha value is -1.14. The van der Waals surface area contributed by atoms with Gasteiger partial charge in [-0.05, 0) is 75.2 Å². The minimum Gasteiger partial charge on any atom is -0.430 e. The van der Waals surface area contributed by atoms with E-state index in [0.29, 0.717) is 43.6 Å². The number of ether oxygens (including phenoxy) is 1. The summed E-state index contributed by atoms with van der Waals surface area (Å²) in [7, 11) is 0. The van der Waals surface area contributed by atoms with E-state index >= 15 is 0 Å². The van der Waals surface area contributed by atoms with Crippen molar-refractivity contribution < 1.29 is 31.1 Å². The van der Waals surface area contributed by atoms with Gasteiger partial charge in [-0.1, -0.05) is 58.4 Å². The van der Waals surface area contributed by atoms with Crippen LogP contribution in [0.1, 0.15) is 104 Å². The second kappa shape index (κ2) is 11.3. The van der Waals surface area contributed by atoms with E-state index in [1.165, 1.54) is 0 Å². The first kappa shape index (κ1) is 27.4. The summed E-state index contributed by atoms with van der Waals surface area (Å²) in [5.74, 6) is -12.0. The maximum absolute atomic E-state index is 15.0. The van der Waals surface area contributed by atoms with Crippen molar-refractivity contribution in [2.24, 2.45) is 23.7 Å². The van der Waals surface area contributed by atoms with Crippen LogP contribution in [0.2, 0.25) is 0 Å². The topological polar surface area (TPSA) is 9.23 Å². The van der Waals surface area contributed by atoms with Gasteiger partial charge < -0.3 is 4.74 Å². The van der Waals surface area contributed by atoms with E-state index in [-0.39, 0.29) is 12.8 Å². The van der Waals surface area contributed by atoms with Crippen LogP contribution in [-0.2, 0) is 4.74 Å². The van der Waals surface area contributed by atoms with Crippen LogP contribution < -0.4 is 0 Å². The van der Waals surface area contributed by atoms with Gasteiger partial charge in [0.25, 0.3) is 0 Å². The molecule has 34 heavy (non-hydrogen) atoms. The number of allylic oxidation sites excluding steroid dienone is 4. The van der Waals surface area contributed by atoms with E-state index in [1.54, 1.807) is 0 Å². The van der Waals surface area contributed by atoms with E-state index in [9.17, 15) is 26.3 Å². The van der Waals surface area contributed by atoms with Crippen molar-refractivity contribution in [3.8, 4) is 0 Å². The number of alkyl halides is 6. The van der Waals surface area contributed by atoms with Gasteiger partial charge in [0.1, 0.15) is 0 Å². The van der Waals surface area contributed by atoms with Gasteiger partial charge in [0.15, 0.2) is 5.76 Å². The molecule has 2 saturated carbocycles. The standard InChI is InChI=1S/C27H40F6O/c1-3-5-6-8-20-9-13-21(14-10-20)23-17-18-24(26(30,31)25(23,28)29)34-27(32,33)22-15-11-19(7-4-2)12-16-22/h17-22H,3-16H2,1-2H3. The predicted octanol–water partition coefficient (Wildman–Crippen LogP) is 9.68. The fourth-order valence-electron chi connectivity index (χ4n) is 6.07. The molecule has 0 aromatic heterocycles. The summed E-state index contributed by atoms with van der Waals surface area (Å²) in [5.41, 5.74) is -0.639. The monoisotopic (exact) mass is 494 g/mol. The quantitative estimate of drug-likeness (QED) is 0.217. The van der Waals surface area contributed by atoms with Gasteiger partial charge in [-0.2, -0.15) is 26.3 Å². The predicted molar refractivity (Wildman–Crippen MR) is 122 cm³/mol. The fourth-order valence-corrected chi connectivity index (χ4v) is 6.07. The highest BCUT2D eigenvalue weighted by molar-refractivity contribution is 5.37. The van der Waals surface area contributed by atoms with Crippen molar-refractivity contribution in [2.45, 2.75) is 122 Å². The van der Waals surface area contributed by atoms with Crippen LogP contribution in [0.3, 0.4) is 0 Å². The molecule has 3 rings (SSSR count). The van der Waals surface area contributed by atoms with Gasteiger partial charge >= 0.3 is 18.0 Å². The third-order valence-electron chi connectivity index (χ3n) is 8.25. The summed E-state index contributed by atoms with van der Waals surface area (Å²) in [6.07, 6.45) is 7.75. The molecule has 196 valence electrons. The molecular weight excluding hydrogens is 454 g/mol. The first-order valence-electron chi connectivity index (χ1n) is 13.3. The average molecular weight is 495 g/mol. The van der Waals surface area contributed by atoms with Crippen LogP contribution in [0.4, 0.5) is 26.3 Å². The maximum atomic E-state index is 15.0. The van der Waals surface area contributed by atoms with Gasteiger partial charge in [-0.15, -0.1) is 0 Å². The summed E-state index contributed by atoms with van der Waals surface area (Å²) >= 11 is 0. The molecule has 7 heteroatoms. The Labute approximate surface area is 200 Å². The molecule has 0 heterocycles. The highest BCUT2D eigenvalue weighted by Gasteiger charge is 2.66. The molecule has 0 saturated heterocycles. The Morgan fingerprint density at radius 1 is 0.765 bits per heavy atom. The van der Waals surface area contributed by atoms with Crippen molar-refractivity contribution in [1.29, 1.82) is 0 Å². The van der Waals surface area contributed by atoms with Crippen LogP contribution in [0, 0.1) is 23.7 Å². The molecule has 2 fully saturated rings. The summed E-state index contributed by atoms with van der Waals surface area (Å²) in [6.45, 7) is 4.15. The lowest BCUT2D eigenvalue weighted by molar-refractivity contribution is -0.288. The zero-order valence-corrected chi connectivity index (χ0v) is 20.5. The minimum atomic E-state index is -4.79. The lowest BCUT2D eigenvalue weighted by Gasteiger charge is -2.40. The summed E-state index contributed by atoms with van der Waals surface area (Å²) < 4.78 is 93.7. The second-order valence-corrected chi connectivity index (χ2v) is 10.7. The fraction of sp³-hybridized carbons (Fsp3) is 0.852. The van der Waals surface area contributed by atoms with Gasteiger partial charge in [0.2, 0.25) is 0 Å². The first-order chi connectivity index (χ1) is 16.0. The number of hydrogen-bond acceptors (Lipinski definition) is 1. The number of halogens is 6. The molecule has 0 spiro atoms. The molecule has 1 nitrogen and oxygen atoms in total. The number of unbranched alkanes of at least 4 members (excludes halogenated alkanes) is 2. The minimum absolute atomic E-state index is 0.148. The summed E-state index contributed by atoms with van der Waals surface area (Å²) in [4.78, 5) is 0. The van der Waals surface area contributed by atoms with E-state index in [2.05, 4.69) is 11.7 Å². The van der Waals surface area contributed by atoms with Crippen molar-refractivity contribution in [3.63, 3.8) is 0 Å². The summed E-state index contributed by atoms with van der Waals surface area (Å²) in [5, 5.41) is 0. The highest BCUT2D eigenvalue weighted by atomic mass is 19.3. The average Bonchev–Trinajstić information content (AvgIpc) is 2.79. The zero-order valence-electron chi connectivity index (χ0n) is 20.5. The van der Waals surface area contributed by atoms with Crippen LogP contribution in [-0.4, -0.2) is 18.0 Å². The molecule has 0 aromatic rings. The molecule has 0 aliphatic heterocycles. The third-order valence-corrected chi connectivity index (χ3v) is 8.25. The van der Waals surface area contributed by atoms with Crippen LogP contribution >= 0.6 is 0 Å². The van der Waals surface area contributed by atoms with Crippen LogP contribution in [0.5, 0.6) is 0 Å². The van der Waals surface area contributed by atoms with Crippen molar-refractivity contribution in [1.82, 2.24) is 0 Å². The van der Waals surface area contributed by atoms with Crippen molar-refractivity contribution >= 4 is 0 Å². The zero-order chi connectivity index (χ0) is 25.0. The van der Waals surface area contributed by atoms with Gasteiger partial charge in [0, 0.05) is 5.57 Å².